The van der Waals surface area contributed by atoms with E-state index in [0.717, 1.165) is 11.9 Å². The molecular formula is C8H7N5O5S. The lowest BCUT2D eigenvalue weighted by molar-refractivity contribution is -0.401. The van der Waals surface area contributed by atoms with Crippen molar-refractivity contribution in [1.29, 1.82) is 0 Å². The van der Waals surface area contributed by atoms with Crippen molar-refractivity contribution in [3.8, 4) is 11.7 Å². The maximum Gasteiger partial charge on any atom is 0.433 e. The number of amides is 1. The maximum absolute atomic E-state index is 10.6. The Labute approximate surface area is 109 Å². The van der Waals surface area contributed by atoms with E-state index in [4.69, 9.17) is 8.83 Å². The Kier molecular flexibility index (Phi) is 3.77. The number of carbonyl (C=O) groups is 1. The minimum absolute atomic E-state index is 0.000208. The summed E-state index contributed by atoms with van der Waals surface area (Å²) in [5.41, 5.74) is 2.30. The molecule has 0 saturated heterocycles. The molecule has 19 heavy (non-hydrogen) atoms. The summed E-state index contributed by atoms with van der Waals surface area (Å²) in [6, 6.07) is 2.53. The first-order valence-electron chi connectivity index (χ1n) is 4.83. The highest BCUT2D eigenvalue weighted by Gasteiger charge is 2.17. The van der Waals surface area contributed by atoms with Crippen LogP contribution in [0.15, 0.2) is 26.2 Å². The SMILES string of the molecule is CC(=O)NNSc1nnc(-c2ccc([N+](=O)[O-])o2)o1. The average Bonchev–Trinajstić information content (AvgIpc) is 2.95. The van der Waals surface area contributed by atoms with Gasteiger partial charge in [0.1, 0.15) is 4.92 Å². The second-order valence-corrected chi connectivity index (χ2v) is 3.91. The van der Waals surface area contributed by atoms with E-state index < -0.39 is 10.8 Å². The molecule has 0 aliphatic carbocycles. The molecule has 100 valence electrons. The molecule has 2 rings (SSSR count). The van der Waals surface area contributed by atoms with E-state index in [1.54, 1.807) is 0 Å². The fourth-order valence-electron chi connectivity index (χ4n) is 1.03. The molecule has 0 fully saturated rings. The summed E-state index contributed by atoms with van der Waals surface area (Å²) in [6.07, 6.45) is 0. The molecule has 0 saturated carbocycles. The Morgan fingerprint density at radius 1 is 1.42 bits per heavy atom. The molecule has 1 amide bonds. The van der Waals surface area contributed by atoms with Crippen LogP contribution in [-0.2, 0) is 4.79 Å². The molecule has 0 radical (unpaired) electrons. The number of nitrogens with zero attached hydrogens (tertiary/aromatic N) is 3. The van der Waals surface area contributed by atoms with Crippen molar-refractivity contribution in [3.05, 3.63) is 22.2 Å². The molecule has 2 aromatic heterocycles. The van der Waals surface area contributed by atoms with Gasteiger partial charge in [0.25, 0.3) is 11.1 Å². The van der Waals surface area contributed by atoms with Gasteiger partial charge < -0.3 is 8.83 Å². The van der Waals surface area contributed by atoms with Crippen molar-refractivity contribution >= 4 is 23.7 Å². The third kappa shape index (κ3) is 3.29. The highest BCUT2D eigenvalue weighted by atomic mass is 32.2. The van der Waals surface area contributed by atoms with Crippen LogP contribution in [0.4, 0.5) is 5.88 Å². The fourth-order valence-corrected chi connectivity index (χ4v) is 1.52. The van der Waals surface area contributed by atoms with E-state index in [0.29, 0.717) is 0 Å². The van der Waals surface area contributed by atoms with Crippen LogP contribution in [0.5, 0.6) is 0 Å². The molecule has 0 aliphatic heterocycles. The zero-order valence-corrected chi connectivity index (χ0v) is 10.3. The van der Waals surface area contributed by atoms with Gasteiger partial charge in [0.2, 0.25) is 5.91 Å². The summed E-state index contributed by atoms with van der Waals surface area (Å²) in [7, 11) is 0. The summed E-state index contributed by atoms with van der Waals surface area (Å²) in [5, 5.41) is 17.9. The van der Waals surface area contributed by atoms with Crippen LogP contribution in [0.3, 0.4) is 0 Å². The van der Waals surface area contributed by atoms with Crippen molar-refractivity contribution in [2.75, 3.05) is 0 Å². The fraction of sp³-hybridized carbons (Fsp3) is 0.125. The highest BCUT2D eigenvalue weighted by Crippen LogP contribution is 2.26. The highest BCUT2D eigenvalue weighted by molar-refractivity contribution is 7.97. The molecule has 10 nitrogen and oxygen atoms in total. The Balaban J connectivity index is 2.03. The molecule has 11 heteroatoms. The second kappa shape index (κ2) is 5.49. The number of hydrogen-bond donors (Lipinski definition) is 2. The first-order valence-corrected chi connectivity index (χ1v) is 5.64. The van der Waals surface area contributed by atoms with Crippen molar-refractivity contribution in [1.82, 2.24) is 20.5 Å². The number of nitrogens with one attached hydrogen (secondary N) is 2. The molecule has 0 bridgehead atoms. The predicted octanol–water partition coefficient (Wildman–Crippen LogP) is 0.886. The lowest BCUT2D eigenvalue weighted by Gasteiger charge is -1.98. The lowest BCUT2D eigenvalue weighted by atomic mass is 10.4. The van der Waals surface area contributed by atoms with Crippen LogP contribution in [0.25, 0.3) is 11.7 Å². The van der Waals surface area contributed by atoms with E-state index in [1.165, 1.54) is 19.1 Å². The van der Waals surface area contributed by atoms with Gasteiger partial charge in [-0.25, -0.2) is 0 Å². The quantitative estimate of drug-likeness (QED) is 0.466. The lowest BCUT2D eigenvalue weighted by Crippen LogP contribution is -2.29. The maximum atomic E-state index is 10.6. The van der Waals surface area contributed by atoms with Crippen molar-refractivity contribution < 1.29 is 18.6 Å². The Morgan fingerprint density at radius 3 is 2.84 bits per heavy atom. The largest absolute Gasteiger partial charge is 0.433 e. The Bertz CT molecular complexity index is 608. The van der Waals surface area contributed by atoms with Gasteiger partial charge in [-0.2, -0.15) is 4.83 Å². The van der Waals surface area contributed by atoms with Crippen LogP contribution in [0, 0.1) is 10.1 Å². The van der Waals surface area contributed by atoms with Gasteiger partial charge in [0.05, 0.1) is 6.07 Å². The minimum atomic E-state index is -0.673. The minimum Gasteiger partial charge on any atom is -0.407 e. The number of hydrogen-bond acceptors (Lipinski definition) is 9. The van der Waals surface area contributed by atoms with Crippen LogP contribution >= 0.6 is 11.9 Å². The first-order chi connectivity index (χ1) is 9.06. The third-order valence-corrected chi connectivity index (χ3v) is 2.30. The average molecular weight is 285 g/mol. The molecule has 2 N–H and O–H groups in total. The molecule has 0 atom stereocenters. The first kappa shape index (κ1) is 13.0. The Hall–Kier alpha value is -2.40. The van der Waals surface area contributed by atoms with Gasteiger partial charge in [-0.05, 0) is 6.07 Å². The molecule has 2 heterocycles. The van der Waals surface area contributed by atoms with Gasteiger partial charge in [0.15, 0.2) is 5.76 Å². The Morgan fingerprint density at radius 2 is 2.21 bits per heavy atom. The van der Waals surface area contributed by atoms with Gasteiger partial charge in [-0.1, -0.05) is 5.10 Å². The molecule has 2 aromatic rings. The zero-order chi connectivity index (χ0) is 13.8. The van der Waals surface area contributed by atoms with Gasteiger partial charge in [0, 0.05) is 18.9 Å². The number of carbonyl (C=O) groups excluding carboxylic acids is 1. The zero-order valence-electron chi connectivity index (χ0n) is 9.45. The second-order valence-electron chi connectivity index (χ2n) is 3.15. The van der Waals surface area contributed by atoms with Gasteiger partial charge in [-0.3, -0.25) is 20.3 Å². The normalized spacial score (nSPS) is 10.4. The predicted molar refractivity (Wildman–Crippen MR) is 61.5 cm³/mol. The van der Waals surface area contributed by atoms with E-state index in [-0.39, 0.29) is 22.8 Å². The summed E-state index contributed by atoms with van der Waals surface area (Å²) in [4.78, 5) is 22.8. The van der Waals surface area contributed by atoms with E-state index in [9.17, 15) is 14.9 Å². The number of nitro groups is 1. The summed E-state index contributed by atoms with van der Waals surface area (Å²) in [6.45, 7) is 1.33. The molecule has 0 aliphatic rings. The summed E-state index contributed by atoms with van der Waals surface area (Å²) in [5.74, 6) is -0.613. The smallest absolute Gasteiger partial charge is 0.407 e. The van der Waals surface area contributed by atoms with Crippen molar-refractivity contribution in [3.63, 3.8) is 0 Å². The van der Waals surface area contributed by atoms with E-state index in [1.807, 2.05) is 0 Å². The number of rotatable bonds is 5. The number of hydrazine groups is 1. The van der Waals surface area contributed by atoms with E-state index in [2.05, 4.69) is 20.5 Å². The van der Waals surface area contributed by atoms with Crippen LogP contribution in [0.1, 0.15) is 6.92 Å². The van der Waals surface area contributed by atoms with E-state index >= 15 is 0 Å². The summed E-state index contributed by atoms with van der Waals surface area (Å²) >= 11 is 0.880. The van der Waals surface area contributed by atoms with Crippen molar-refractivity contribution in [2.24, 2.45) is 0 Å². The van der Waals surface area contributed by atoms with Crippen LogP contribution in [-0.4, -0.2) is 21.0 Å². The standard InChI is InChI=1S/C8H7N5O5S/c1-4(14)9-12-19-8-11-10-7(18-8)5-2-3-6(17-5)13(15)16/h2-3,12H,1H3,(H,9,14). The van der Waals surface area contributed by atoms with Crippen LogP contribution < -0.4 is 10.3 Å². The van der Waals surface area contributed by atoms with Gasteiger partial charge >= 0.3 is 5.88 Å². The molecule has 0 unspecified atom stereocenters. The number of furan rings is 1. The number of aromatic nitrogens is 2. The molecule has 0 aromatic carbocycles. The topological polar surface area (TPSA) is 136 Å². The van der Waals surface area contributed by atoms with Crippen LogP contribution in [0.2, 0.25) is 0 Å². The third-order valence-electron chi connectivity index (χ3n) is 1.75. The monoisotopic (exact) mass is 285 g/mol. The van der Waals surface area contributed by atoms with Crippen molar-refractivity contribution in [2.45, 2.75) is 12.1 Å². The molecule has 0 spiro atoms. The van der Waals surface area contributed by atoms with Gasteiger partial charge in [-0.15, -0.1) is 5.10 Å². The molecular weight excluding hydrogens is 278 g/mol. The summed E-state index contributed by atoms with van der Waals surface area (Å²) < 4.78 is 10.0.